The summed E-state index contributed by atoms with van der Waals surface area (Å²) >= 11 is 1.85. The second-order valence-corrected chi connectivity index (χ2v) is 11.5. The zero-order chi connectivity index (χ0) is 27.7. The molecule has 0 saturated heterocycles. The number of benzene rings is 4. The number of hydrogen-bond acceptors (Lipinski definition) is 4. The van der Waals surface area contributed by atoms with Crippen LogP contribution in [0, 0.1) is 18.9 Å². The molecule has 0 fully saturated rings. The summed E-state index contributed by atoms with van der Waals surface area (Å²) in [4.78, 5) is 14.9. The van der Waals surface area contributed by atoms with Crippen LogP contribution in [0.2, 0.25) is 0 Å². The Kier molecular flexibility index (Phi) is 9.20. The molecular weight excluding hydrogens is 691 g/mol. The Bertz CT molecular complexity index is 1880. The summed E-state index contributed by atoms with van der Waals surface area (Å²) in [6.45, 7) is 9.63. The number of thiophene rings is 1. The van der Waals surface area contributed by atoms with E-state index in [1.165, 1.54) is 72.8 Å². The van der Waals surface area contributed by atoms with E-state index in [1.807, 2.05) is 17.5 Å². The first-order valence-electron chi connectivity index (χ1n) is 13.2. The number of aromatic nitrogens is 1. The molecule has 0 unspecified atom stereocenters. The molecule has 0 aliphatic carbocycles. The summed E-state index contributed by atoms with van der Waals surface area (Å²) < 4.78 is 2.61. The normalized spacial score (nSPS) is 11.6. The van der Waals surface area contributed by atoms with Gasteiger partial charge >= 0.3 is 0 Å². The molecule has 4 aromatic carbocycles. The third-order valence-electron chi connectivity index (χ3n) is 6.74. The van der Waals surface area contributed by atoms with Crippen molar-refractivity contribution in [2.45, 2.75) is 41.0 Å². The molecule has 5 heteroatoms. The van der Waals surface area contributed by atoms with Crippen molar-refractivity contribution in [1.82, 2.24) is 4.98 Å². The van der Waals surface area contributed by atoms with Crippen molar-refractivity contribution in [3.05, 3.63) is 102 Å². The Labute approximate surface area is 252 Å². The van der Waals surface area contributed by atoms with Gasteiger partial charge in [0.2, 0.25) is 0 Å². The van der Waals surface area contributed by atoms with Gasteiger partial charge in [-0.25, -0.2) is 0 Å². The maximum absolute atomic E-state index is 10.0. The zero-order valence-electron chi connectivity index (χ0n) is 23.3. The van der Waals surface area contributed by atoms with Crippen LogP contribution in [0.25, 0.3) is 53.0 Å². The third kappa shape index (κ3) is 6.02. The van der Waals surface area contributed by atoms with Crippen molar-refractivity contribution in [2.24, 2.45) is 5.92 Å². The first-order chi connectivity index (χ1) is 18.7. The maximum Gasteiger partial charge on any atom is 0.155 e. The molecule has 0 atom stereocenters. The van der Waals surface area contributed by atoms with Crippen LogP contribution in [-0.4, -0.2) is 15.9 Å². The fourth-order valence-corrected chi connectivity index (χ4v) is 6.50. The summed E-state index contributed by atoms with van der Waals surface area (Å²) in [5.74, 6) is 0.510. The molecule has 2 heterocycles. The standard InChI is InChI=1S/C30H24NS.C5H8O2.Ir/c1-18(2)15-22-17-23(16-21-12-11-20-8-4-5-9-24(20)27(21)22)28-30-26(13-14-31-28)25-10-6-7-19(3)29(25)32-30;1-4(6)3-5(2)7;/h4-14,17-18H,15H2,1-3H3;3,6H,1-2H3;/q-1;;/b;4-3-;. The first-order valence-corrected chi connectivity index (χ1v) is 14.1. The van der Waals surface area contributed by atoms with Gasteiger partial charge in [0.05, 0.1) is 5.76 Å². The van der Waals surface area contributed by atoms with Crippen molar-refractivity contribution in [3.8, 4) is 11.3 Å². The summed E-state index contributed by atoms with van der Waals surface area (Å²) in [6, 6.07) is 27.9. The number of rotatable bonds is 4. The van der Waals surface area contributed by atoms with Gasteiger partial charge in [0.1, 0.15) is 0 Å². The Morgan fingerprint density at radius 2 is 1.70 bits per heavy atom. The van der Waals surface area contributed by atoms with Gasteiger partial charge in [-0.05, 0) is 60.9 Å². The number of aliphatic hydroxyl groups is 1. The van der Waals surface area contributed by atoms with Gasteiger partial charge in [0, 0.05) is 52.9 Å². The fourth-order valence-electron chi connectivity index (χ4n) is 5.23. The van der Waals surface area contributed by atoms with Crippen LogP contribution in [0.4, 0.5) is 0 Å². The Morgan fingerprint density at radius 1 is 0.975 bits per heavy atom. The minimum atomic E-state index is -0.125. The molecule has 1 N–H and O–H groups in total. The minimum Gasteiger partial charge on any atom is -0.512 e. The van der Waals surface area contributed by atoms with Crippen molar-refractivity contribution < 1.29 is 30.0 Å². The average Bonchev–Trinajstić information content (AvgIpc) is 3.28. The Hall–Kier alpha value is -3.37. The number of carbonyl (C=O) groups excluding carboxylic acids is 1. The topological polar surface area (TPSA) is 50.2 Å². The van der Waals surface area contributed by atoms with Gasteiger partial charge in [0.15, 0.2) is 5.78 Å². The molecule has 1 radical (unpaired) electrons. The molecule has 0 saturated carbocycles. The fraction of sp³-hybridized carbons (Fsp3) is 0.200. The molecule has 0 bridgehead atoms. The van der Waals surface area contributed by atoms with Gasteiger partial charge in [0.25, 0.3) is 0 Å². The molecular formula is C35H32IrNO2S-. The predicted molar refractivity (Wildman–Crippen MR) is 167 cm³/mol. The summed E-state index contributed by atoms with van der Waals surface area (Å²) in [5.41, 5.74) is 4.85. The Balaban J connectivity index is 0.000000413. The SMILES string of the molecule is CC(=O)/C=C(/C)O.Cc1cccc2c1sc1c(-c3[c-]c4ccc5ccccc5c4c(CC(C)C)c3)nccc12.[Ir]. The van der Waals surface area contributed by atoms with Crippen molar-refractivity contribution >= 4 is 58.8 Å². The predicted octanol–water partition coefficient (Wildman–Crippen LogP) is 9.76. The molecule has 2 aromatic heterocycles. The number of pyridine rings is 1. The van der Waals surface area contributed by atoms with Crippen LogP contribution >= 0.6 is 11.3 Å². The monoisotopic (exact) mass is 723 g/mol. The first kappa shape index (κ1) is 29.6. The molecule has 0 amide bonds. The molecule has 3 nitrogen and oxygen atoms in total. The third-order valence-corrected chi connectivity index (χ3v) is 8.11. The molecule has 0 aliphatic heterocycles. The molecule has 6 rings (SSSR count). The number of allylic oxidation sites excluding steroid dienone is 2. The number of fused-ring (bicyclic) bond motifs is 6. The molecule has 205 valence electrons. The van der Waals surface area contributed by atoms with Crippen LogP contribution in [0.1, 0.15) is 38.8 Å². The molecule has 0 aliphatic rings. The van der Waals surface area contributed by atoms with E-state index in [2.05, 4.69) is 93.6 Å². The van der Waals surface area contributed by atoms with Gasteiger partial charge in [-0.2, -0.15) is 0 Å². The second-order valence-electron chi connectivity index (χ2n) is 10.5. The quantitative estimate of drug-likeness (QED) is 0.0854. The van der Waals surface area contributed by atoms with Gasteiger partial charge < -0.3 is 5.11 Å². The number of nitrogens with zero attached hydrogens (tertiary/aromatic N) is 1. The van der Waals surface area contributed by atoms with E-state index in [-0.39, 0.29) is 31.6 Å². The molecule has 0 spiro atoms. The van der Waals surface area contributed by atoms with Crippen molar-refractivity contribution in [3.63, 3.8) is 0 Å². The summed E-state index contributed by atoms with van der Waals surface area (Å²) in [7, 11) is 0. The number of hydrogen-bond donors (Lipinski definition) is 1. The number of carbonyl (C=O) groups is 1. The van der Waals surface area contributed by atoms with Crippen molar-refractivity contribution in [2.75, 3.05) is 0 Å². The summed E-state index contributed by atoms with van der Waals surface area (Å²) in [5, 5.41) is 16.1. The van der Waals surface area contributed by atoms with Crippen LogP contribution in [0.3, 0.4) is 0 Å². The average molecular weight is 723 g/mol. The van der Waals surface area contributed by atoms with Gasteiger partial charge in [-0.1, -0.05) is 73.3 Å². The van der Waals surface area contributed by atoms with E-state index in [4.69, 9.17) is 10.1 Å². The van der Waals surface area contributed by atoms with Crippen LogP contribution in [0.15, 0.2) is 84.8 Å². The van der Waals surface area contributed by atoms with E-state index < -0.39 is 0 Å². The molecule has 40 heavy (non-hydrogen) atoms. The van der Waals surface area contributed by atoms with Gasteiger partial charge in [-0.3, -0.25) is 9.78 Å². The van der Waals surface area contributed by atoms with E-state index in [9.17, 15) is 4.79 Å². The number of aryl methyl sites for hydroxylation is 1. The Morgan fingerprint density at radius 3 is 2.40 bits per heavy atom. The summed E-state index contributed by atoms with van der Waals surface area (Å²) in [6.07, 6.45) is 4.15. The van der Waals surface area contributed by atoms with Crippen LogP contribution in [-0.2, 0) is 31.3 Å². The smallest absolute Gasteiger partial charge is 0.155 e. The van der Waals surface area contributed by atoms with E-state index in [0.29, 0.717) is 5.92 Å². The largest absolute Gasteiger partial charge is 0.512 e. The van der Waals surface area contributed by atoms with E-state index in [1.54, 1.807) is 0 Å². The van der Waals surface area contributed by atoms with Crippen LogP contribution in [0.5, 0.6) is 0 Å². The van der Waals surface area contributed by atoms with Gasteiger partial charge in [-0.15, -0.1) is 40.5 Å². The molecule has 6 aromatic rings. The van der Waals surface area contributed by atoms with E-state index >= 15 is 0 Å². The minimum absolute atomic E-state index is 0. The maximum atomic E-state index is 10.0. The van der Waals surface area contributed by atoms with E-state index in [0.717, 1.165) is 17.7 Å². The van der Waals surface area contributed by atoms with Crippen molar-refractivity contribution in [1.29, 1.82) is 0 Å². The second kappa shape index (κ2) is 12.4. The van der Waals surface area contributed by atoms with Crippen LogP contribution < -0.4 is 0 Å². The zero-order valence-corrected chi connectivity index (χ0v) is 26.5. The number of ketones is 1. The number of aliphatic hydroxyl groups excluding tert-OH is 1.